The molecule has 0 bridgehead atoms. The lowest BCUT2D eigenvalue weighted by atomic mass is 9.95. The van der Waals surface area contributed by atoms with Gasteiger partial charge in [0.25, 0.3) is 0 Å². The molecule has 12 heteroatoms. The number of aliphatic imine (C=N–C) groups is 1. The Bertz CT molecular complexity index is 1160. The number of hydrogen-bond acceptors (Lipinski definition) is 9. The highest BCUT2D eigenvalue weighted by Gasteiger charge is 2.35. The van der Waals surface area contributed by atoms with Crippen molar-refractivity contribution in [3.05, 3.63) is 61.9 Å². The Morgan fingerprint density at radius 1 is 1.43 bits per heavy atom. The number of nitrogens with one attached hydrogen (secondary N) is 1. The molecule has 4 rings (SSSR count). The van der Waals surface area contributed by atoms with Crippen LogP contribution in [0.15, 0.2) is 50.5 Å². The van der Waals surface area contributed by atoms with Gasteiger partial charge in [0.1, 0.15) is 11.9 Å². The van der Waals surface area contributed by atoms with Crippen LogP contribution in [0.1, 0.15) is 29.5 Å². The normalized spacial score (nSPS) is 20.8. The highest BCUT2D eigenvalue weighted by molar-refractivity contribution is 9.10. The van der Waals surface area contributed by atoms with E-state index in [1.807, 2.05) is 5.38 Å². The van der Waals surface area contributed by atoms with Crippen molar-refractivity contribution in [3.63, 3.8) is 0 Å². The maximum Gasteiger partial charge on any atom is 0.338 e. The van der Waals surface area contributed by atoms with Gasteiger partial charge in [-0.3, -0.25) is 14.7 Å². The highest BCUT2D eigenvalue weighted by Crippen LogP contribution is 2.37. The van der Waals surface area contributed by atoms with Crippen molar-refractivity contribution in [2.75, 3.05) is 33.4 Å². The Labute approximate surface area is 213 Å². The van der Waals surface area contributed by atoms with Crippen LogP contribution >= 0.6 is 27.3 Å². The summed E-state index contributed by atoms with van der Waals surface area (Å²) in [5.74, 6) is -1.37. The van der Waals surface area contributed by atoms with E-state index in [1.165, 1.54) is 30.6 Å². The van der Waals surface area contributed by atoms with E-state index < -0.39 is 23.8 Å². The number of hydrogen-bond donors (Lipinski definition) is 2. The van der Waals surface area contributed by atoms with E-state index >= 15 is 0 Å². The van der Waals surface area contributed by atoms with Crippen LogP contribution in [0.4, 0.5) is 4.39 Å². The number of carboxylic acid groups (broad SMARTS) is 1. The molecule has 0 amide bonds. The zero-order chi connectivity index (χ0) is 24.9. The number of thiazole rings is 1. The van der Waals surface area contributed by atoms with Crippen LogP contribution in [0.2, 0.25) is 0 Å². The first-order chi connectivity index (χ1) is 16.9. The van der Waals surface area contributed by atoms with Gasteiger partial charge in [0.15, 0.2) is 10.8 Å². The Hall–Kier alpha value is -2.67. The highest BCUT2D eigenvalue weighted by atomic mass is 79.9. The fourth-order valence-corrected chi connectivity index (χ4v) is 5.28. The monoisotopic (exact) mass is 566 g/mol. The fraction of sp³-hybridized carbons (Fsp3) is 0.391. The van der Waals surface area contributed by atoms with E-state index in [9.17, 15) is 14.0 Å². The van der Waals surface area contributed by atoms with Crippen molar-refractivity contribution in [1.29, 1.82) is 0 Å². The number of ether oxygens (including phenoxy) is 2. The number of amidine groups is 1. The van der Waals surface area contributed by atoms with E-state index in [1.54, 1.807) is 12.3 Å². The zero-order valence-corrected chi connectivity index (χ0v) is 21.3. The van der Waals surface area contributed by atoms with Gasteiger partial charge < -0.3 is 19.9 Å². The minimum atomic E-state index is -0.875. The summed E-state index contributed by atoms with van der Waals surface area (Å²) in [5, 5.41) is 14.9. The minimum absolute atomic E-state index is 0.0117. The molecule has 0 unspecified atom stereocenters. The molecule has 1 aromatic heterocycles. The topological polar surface area (TPSA) is 113 Å². The Kier molecular flexibility index (Phi) is 8.26. The minimum Gasteiger partial charge on any atom is -0.481 e. The molecule has 0 radical (unpaired) electrons. The summed E-state index contributed by atoms with van der Waals surface area (Å²) >= 11 is 4.81. The lowest BCUT2D eigenvalue weighted by Gasteiger charge is -2.37. The molecule has 2 aromatic rings. The molecule has 2 aliphatic heterocycles. The third-order valence-corrected chi connectivity index (χ3v) is 7.29. The number of aliphatic carboxylic acids is 1. The molecule has 0 aliphatic carbocycles. The second-order valence-corrected chi connectivity index (χ2v) is 9.77. The smallest absolute Gasteiger partial charge is 0.338 e. The second-order valence-electron chi connectivity index (χ2n) is 8.02. The molecule has 9 nitrogen and oxygen atoms in total. The predicted octanol–water partition coefficient (Wildman–Crippen LogP) is 3.13. The number of carboxylic acids is 1. The summed E-state index contributed by atoms with van der Waals surface area (Å²) in [4.78, 5) is 35.4. The first-order valence-electron chi connectivity index (χ1n) is 10.9. The van der Waals surface area contributed by atoms with Crippen molar-refractivity contribution in [3.8, 4) is 0 Å². The first kappa shape index (κ1) is 25.4. The number of aromatic nitrogens is 1. The number of carbonyl (C=O) groups is 2. The van der Waals surface area contributed by atoms with Crippen LogP contribution in [0.5, 0.6) is 0 Å². The molecule has 1 fully saturated rings. The fourth-order valence-electron chi connectivity index (χ4n) is 4.12. The lowest BCUT2D eigenvalue weighted by Crippen LogP contribution is -2.49. The molecular formula is C23H24BrFN4O5S. The molecule has 2 atom stereocenters. The Morgan fingerprint density at radius 3 is 2.94 bits per heavy atom. The standard InChI is InChI=1S/C23H24BrFN4O5S/c1-33-23(32)19-17(11-29-7-8-34-12-14(29)3-5-18(30)31)27-21(22-26-6-9-35-22)28-20(19)15-4-2-13(25)10-16(15)24/h2,4,6,9-10,14,20H,3,5,7-8,11-12H2,1H3,(H,27,28)(H,30,31)/t14-,20-/m0/s1. The number of methoxy groups -OCH3 is 1. The van der Waals surface area contributed by atoms with E-state index in [-0.39, 0.29) is 12.5 Å². The molecule has 35 heavy (non-hydrogen) atoms. The summed E-state index contributed by atoms with van der Waals surface area (Å²) in [7, 11) is 1.30. The van der Waals surface area contributed by atoms with Crippen LogP contribution in [0.3, 0.4) is 0 Å². The third-order valence-electron chi connectivity index (χ3n) is 5.83. The van der Waals surface area contributed by atoms with Crippen molar-refractivity contribution < 1.29 is 28.6 Å². The van der Waals surface area contributed by atoms with E-state index in [4.69, 9.17) is 19.6 Å². The van der Waals surface area contributed by atoms with Gasteiger partial charge in [0.05, 0.1) is 25.9 Å². The summed E-state index contributed by atoms with van der Waals surface area (Å²) in [6.45, 7) is 1.77. The predicted molar refractivity (Wildman–Crippen MR) is 131 cm³/mol. The van der Waals surface area contributed by atoms with Crippen molar-refractivity contribution >= 4 is 45.0 Å². The number of halogens is 2. The summed E-state index contributed by atoms with van der Waals surface area (Å²) < 4.78 is 25.0. The van der Waals surface area contributed by atoms with Gasteiger partial charge in [-0.2, -0.15) is 0 Å². The molecule has 0 saturated carbocycles. The molecular weight excluding hydrogens is 543 g/mol. The van der Waals surface area contributed by atoms with Gasteiger partial charge in [-0.15, -0.1) is 11.3 Å². The Morgan fingerprint density at radius 2 is 2.26 bits per heavy atom. The molecule has 2 aliphatic rings. The van der Waals surface area contributed by atoms with Gasteiger partial charge in [-0.1, -0.05) is 22.0 Å². The SMILES string of the molecule is COC(=O)C1=C(CN2CCOC[C@@H]2CCC(=O)O)NC(c2nccs2)=N[C@H]1c1ccc(F)cc1Br. The Balaban J connectivity index is 1.76. The second kappa shape index (κ2) is 11.4. The molecule has 186 valence electrons. The van der Waals surface area contributed by atoms with Crippen LogP contribution in [0, 0.1) is 5.82 Å². The number of carbonyl (C=O) groups excluding carboxylic acids is 1. The number of esters is 1. The van der Waals surface area contributed by atoms with Crippen LogP contribution in [-0.4, -0.2) is 72.2 Å². The molecule has 1 saturated heterocycles. The average molecular weight is 567 g/mol. The van der Waals surface area contributed by atoms with Gasteiger partial charge in [-0.25, -0.2) is 14.2 Å². The maximum atomic E-state index is 13.8. The summed E-state index contributed by atoms with van der Waals surface area (Å²) in [6, 6.07) is 3.33. The van der Waals surface area contributed by atoms with Gasteiger partial charge >= 0.3 is 11.9 Å². The molecule has 3 heterocycles. The summed E-state index contributed by atoms with van der Waals surface area (Å²) in [6.07, 6.45) is 2.09. The molecule has 1 aromatic carbocycles. The zero-order valence-electron chi connectivity index (χ0n) is 18.9. The third kappa shape index (κ3) is 5.95. The van der Waals surface area contributed by atoms with Crippen molar-refractivity contribution in [2.45, 2.75) is 24.9 Å². The van der Waals surface area contributed by atoms with Crippen LogP contribution < -0.4 is 5.32 Å². The van der Waals surface area contributed by atoms with E-state index in [2.05, 4.69) is 31.1 Å². The lowest BCUT2D eigenvalue weighted by molar-refractivity contribution is -0.138. The first-order valence-corrected chi connectivity index (χ1v) is 12.6. The van der Waals surface area contributed by atoms with Gasteiger partial charge in [-0.05, 0) is 24.1 Å². The van der Waals surface area contributed by atoms with Crippen molar-refractivity contribution in [2.24, 2.45) is 4.99 Å². The molecule has 2 N–H and O–H groups in total. The van der Waals surface area contributed by atoms with Crippen LogP contribution in [0.25, 0.3) is 0 Å². The number of morpholine rings is 1. The molecule has 0 spiro atoms. The summed E-state index contributed by atoms with van der Waals surface area (Å²) in [5.41, 5.74) is 1.47. The number of nitrogens with zero attached hydrogens (tertiary/aromatic N) is 3. The largest absolute Gasteiger partial charge is 0.481 e. The van der Waals surface area contributed by atoms with E-state index in [0.717, 1.165) is 0 Å². The average Bonchev–Trinajstić information content (AvgIpc) is 3.38. The van der Waals surface area contributed by atoms with Crippen molar-refractivity contribution in [1.82, 2.24) is 15.2 Å². The maximum absolute atomic E-state index is 13.8. The van der Waals surface area contributed by atoms with E-state index in [0.29, 0.717) is 64.9 Å². The quantitative estimate of drug-likeness (QED) is 0.468. The van der Waals surface area contributed by atoms with Crippen LogP contribution in [-0.2, 0) is 19.1 Å². The number of rotatable bonds is 8. The van der Waals surface area contributed by atoms with Gasteiger partial charge in [0, 0.05) is 47.3 Å². The number of benzene rings is 1. The van der Waals surface area contributed by atoms with Gasteiger partial charge in [0.2, 0.25) is 0 Å².